The Bertz CT molecular complexity index is 532. The normalized spacial score (nSPS) is 22.1. The molecule has 0 aliphatic carbocycles. The molecule has 0 spiro atoms. The lowest BCUT2D eigenvalue weighted by molar-refractivity contribution is 0.242. The van der Waals surface area contributed by atoms with Gasteiger partial charge in [-0.1, -0.05) is 18.2 Å². The maximum Gasteiger partial charge on any atom is 0.0547 e. The number of likely N-dealkylation sites (N-methyl/N-ethyl adjacent to an activating group) is 1. The molecule has 3 heteroatoms. The molecule has 0 saturated carbocycles. The molecular formula is C14H18N2S. The first-order chi connectivity index (χ1) is 8.25. The van der Waals surface area contributed by atoms with Crippen LogP contribution in [0.25, 0.3) is 10.1 Å². The summed E-state index contributed by atoms with van der Waals surface area (Å²) >= 11 is 1.94. The number of hydrogen-bond acceptors (Lipinski definition) is 3. The number of nitrogens with one attached hydrogen (secondary N) is 1. The van der Waals surface area contributed by atoms with Crippen molar-refractivity contribution in [1.82, 2.24) is 10.2 Å². The van der Waals surface area contributed by atoms with Crippen LogP contribution in [0.1, 0.15) is 16.5 Å². The van der Waals surface area contributed by atoms with Crippen LogP contribution >= 0.6 is 11.3 Å². The zero-order valence-electron chi connectivity index (χ0n) is 10.4. The van der Waals surface area contributed by atoms with Gasteiger partial charge in [-0.3, -0.25) is 0 Å². The predicted octanol–water partition coefficient (Wildman–Crippen LogP) is 2.79. The first kappa shape index (κ1) is 11.2. The van der Waals surface area contributed by atoms with E-state index in [0.717, 1.165) is 19.6 Å². The van der Waals surface area contributed by atoms with Crippen molar-refractivity contribution in [2.75, 3.05) is 26.7 Å². The number of rotatable bonds is 1. The fourth-order valence-corrected chi connectivity index (χ4v) is 3.88. The smallest absolute Gasteiger partial charge is 0.0547 e. The van der Waals surface area contributed by atoms with E-state index < -0.39 is 0 Å². The molecule has 1 aromatic carbocycles. The van der Waals surface area contributed by atoms with Gasteiger partial charge in [0.15, 0.2) is 0 Å². The van der Waals surface area contributed by atoms with Gasteiger partial charge < -0.3 is 10.2 Å². The molecule has 1 aliphatic heterocycles. The monoisotopic (exact) mass is 246 g/mol. The molecule has 1 unspecified atom stereocenters. The van der Waals surface area contributed by atoms with Crippen molar-refractivity contribution in [2.45, 2.75) is 13.0 Å². The highest BCUT2D eigenvalue weighted by molar-refractivity contribution is 7.19. The van der Waals surface area contributed by atoms with Crippen LogP contribution in [0.5, 0.6) is 0 Å². The van der Waals surface area contributed by atoms with E-state index in [0.29, 0.717) is 6.04 Å². The summed E-state index contributed by atoms with van der Waals surface area (Å²) in [6, 6.07) is 9.22. The van der Waals surface area contributed by atoms with Gasteiger partial charge in [0.1, 0.15) is 0 Å². The van der Waals surface area contributed by atoms with Gasteiger partial charge in [-0.2, -0.15) is 0 Å². The summed E-state index contributed by atoms with van der Waals surface area (Å²) in [6.45, 7) is 5.62. The lowest BCUT2D eigenvalue weighted by Crippen LogP contribution is -2.43. The standard InChI is InChI=1S/C14H18N2S/c1-10-11-5-3-4-6-13(11)17-14(10)12-9-16(2)8-7-15-12/h3-6,12,15H,7-9H2,1-2H3. The van der Waals surface area contributed by atoms with Crippen molar-refractivity contribution in [3.8, 4) is 0 Å². The number of piperazine rings is 1. The number of nitrogens with zero attached hydrogens (tertiary/aromatic N) is 1. The molecule has 0 bridgehead atoms. The lowest BCUT2D eigenvalue weighted by atomic mass is 10.1. The summed E-state index contributed by atoms with van der Waals surface area (Å²) in [5, 5.41) is 5.06. The third kappa shape index (κ3) is 1.99. The fourth-order valence-electron chi connectivity index (χ4n) is 2.60. The Labute approximate surface area is 106 Å². The van der Waals surface area contributed by atoms with Crippen molar-refractivity contribution in [3.63, 3.8) is 0 Å². The molecule has 17 heavy (non-hydrogen) atoms. The van der Waals surface area contributed by atoms with E-state index in [2.05, 4.69) is 48.5 Å². The molecule has 2 heterocycles. The van der Waals surface area contributed by atoms with Crippen molar-refractivity contribution >= 4 is 21.4 Å². The summed E-state index contributed by atoms with van der Waals surface area (Å²) in [7, 11) is 2.20. The quantitative estimate of drug-likeness (QED) is 0.832. The third-order valence-corrected chi connectivity index (χ3v) is 4.96. The molecule has 1 fully saturated rings. The molecule has 3 rings (SSSR count). The van der Waals surface area contributed by atoms with E-state index in [-0.39, 0.29) is 0 Å². The Kier molecular flexibility index (Phi) is 2.90. The molecule has 1 saturated heterocycles. The van der Waals surface area contributed by atoms with E-state index in [9.17, 15) is 0 Å². The zero-order valence-corrected chi connectivity index (χ0v) is 11.2. The highest BCUT2D eigenvalue weighted by Crippen LogP contribution is 2.35. The zero-order chi connectivity index (χ0) is 11.8. The number of benzene rings is 1. The second-order valence-corrected chi connectivity index (χ2v) is 5.94. The maximum atomic E-state index is 3.64. The van der Waals surface area contributed by atoms with Gasteiger partial charge in [0, 0.05) is 29.2 Å². The Morgan fingerprint density at radius 3 is 2.94 bits per heavy atom. The summed E-state index contributed by atoms with van der Waals surface area (Å²) in [5.41, 5.74) is 1.46. The molecule has 2 nitrogen and oxygen atoms in total. The second kappa shape index (κ2) is 4.41. The fraction of sp³-hybridized carbons (Fsp3) is 0.429. The van der Waals surface area contributed by atoms with Crippen LogP contribution in [0, 0.1) is 6.92 Å². The molecule has 1 N–H and O–H groups in total. The van der Waals surface area contributed by atoms with Crippen molar-refractivity contribution in [3.05, 3.63) is 34.7 Å². The Morgan fingerprint density at radius 2 is 2.18 bits per heavy atom. The molecule has 0 radical (unpaired) electrons. The molecule has 1 aromatic heterocycles. The van der Waals surface area contributed by atoms with Gasteiger partial charge in [-0.05, 0) is 31.0 Å². The van der Waals surface area contributed by atoms with Crippen LogP contribution in [0.3, 0.4) is 0 Å². The largest absolute Gasteiger partial charge is 0.307 e. The van der Waals surface area contributed by atoms with Crippen LogP contribution in [-0.4, -0.2) is 31.6 Å². The SMILES string of the molecule is Cc1c(C2CN(C)CCN2)sc2ccccc12. The van der Waals surface area contributed by atoms with Gasteiger partial charge in [-0.25, -0.2) is 0 Å². The van der Waals surface area contributed by atoms with Crippen LogP contribution in [0.15, 0.2) is 24.3 Å². The van der Waals surface area contributed by atoms with Crippen molar-refractivity contribution in [1.29, 1.82) is 0 Å². The molecule has 1 atom stereocenters. The number of aryl methyl sites for hydroxylation is 1. The van der Waals surface area contributed by atoms with Crippen LogP contribution in [-0.2, 0) is 0 Å². The minimum absolute atomic E-state index is 0.506. The van der Waals surface area contributed by atoms with E-state index >= 15 is 0 Å². The molecular weight excluding hydrogens is 228 g/mol. The maximum absolute atomic E-state index is 3.64. The Hall–Kier alpha value is -0.900. The molecule has 0 amide bonds. The number of hydrogen-bond donors (Lipinski definition) is 1. The van der Waals surface area contributed by atoms with Crippen LogP contribution in [0.4, 0.5) is 0 Å². The minimum Gasteiger partial charge on any atom is -0.307 e. The highest BCUT2D eigenvalue weighted by Gasteiger charge is 2.22. The second-order valence-electron chi connectivity index (χ2n) is 4.86. The lowest BCUT2D eigenvalue weighted by Gasteiger charge is -2.30. The molecule has 1 aliphatic rings. The van der Waals surface area contributed by atoms with Crippen LogP contribution < -0.4 is 5.32 Å². The predicted molar refractivity (Wildman–Crippen MR) is 74.8 cm³/mol. The topological polar surface area (TPSA) is 15.3 Å². The molecule has 90 valence electrons. The summed E-state index contributed by atoms with van der Waals surface area (Å²) in [5.74, 6) is 0. The number of fused-ring (bicyclic) bond motifs is 1. The average Bonchev–Trinajstić information content (AvgIpc) is 2.68. The van der Waals surface area contributed by atoms with Gasteiger partial charge in [-0.15, -0.1) is 11.3 Å². The van der Waals surface area contributed by atoms with E-state index in [1.165, 1.54) is 20.5 Å². The molecule has 2 aromatic rings. The number of thiophene rings is 1. The summed E-state index contributed by atoms with van der Waals surface area (Å²) < 4.78 is 1.41. The van der Waals surface area contributed by atoms with Crippen molar-refractivity contribution < 1.29 is 0 Å². The van der Waals surface area contributed by atoms with E-state index in [4.69, 9.17) is 0 Å². The minimum atomic E-state index is 0.506. The van der Waals surface area contributed by atoms with E-state index in [1.54, 1.807) is 0 Å². The first-order valence-corrected chi connectivity index (χ1v) is 6.97. The third-order valence-electron chi connectivity index (χ3n) is 3.58. The van der Waals surface area contributed by atoms with Gasteiger partial charge in [0.25, 0.3) is 0 Å². The van der Waals surface area contributed by atoms with Crippen molar-refractivity contribution in [2.24, 2.45) is 0 Å². The van der Waals surface area contributed by atoms with Crippen LogP contribution in [0.2, 0.25) is 0 Å². The van der Waals surface area contributed by atoms with Gasteiger partial charge in [0.2, 0.25) is 0 Å². The summed E-state index contributed by atoms with van der Waals surface area (Å²) in [6.07, 6.45) is 0. The average molecular weight is 246 g/mol. The Balaban J connectivity index is 2.02. The highest BCUT2D eigenvalue weighted by atomic mass is 32.1. The van der Waals surface area contributed by atoms with E-state index in [1.807, 2.05) is 11.3 Å². The Morgan fingerprint density at radius 1 is 1.35 bits per heavy atom. The summed E-state index contributed by atoms with van der Waals surface area (Å²) in [4.78, 5) is 3.92. The van der Waals surface area contributed by atoms with Gasteiger partial charge >= 0.3 is 0 Å². The van der Waals surface area contributed by atoms with Gasteiger partial charge in [0.05, 0.1) is 6.04 Å². The first-order valence-electron chi connectivity index (χ1n) is 6.15.